The lowest BCUT2D eigenvalue weighted by Gasteiger charge is -2.31. The highest BCUT2D eigenvalue weighted by molar-refractivity contribution is 5.86. The zero-order valence-electron chi connectivity index (χ0n) is 15.6. The van der Waals surface area contributed by atoms with Crippen LogP contribution in [0.3, 0.4) is 0 Å². The van der Waals surface area contributed by atoms with Gasteiger partial charge in [-0.15, -0.1) is 0 Å². The third kappa shape index (κ3) is 4.25. The molecule has 1 amide bonds. The minimum absolute atomic E-state index is 0.105. The zero-order valence-corrected chi connectivity index (χ0v) is 15.6. The van der Waals surface area contributed by atoms with Crippen LogP contribution >= 0.6 is 0 Å². The summed E-state index contributed by atoms with van der Waals surface area (Å²) in [5, 5.41) is 3.46. The number of morpholine rings is 1. The van der Waals surface area contributed by atoms with Gasteiger partial charge in [0.2, 0.25) is 5.91 Å². The van der Waals surface area contributed by atoms with Crippen molar-refractivity contribution in [1.82, 2.24) is 4.90 Å². The average molecular weight is 365 g/mol. The van der Waals surface area contributed by atoms with Crippen LogP contribution < -0.4 is 10.2 Å². The summed E-state index contributed by atoms with van der Waals surface area (Å²) in [7, 11) is 0. The lowest BCUT2D eigenvalue weighted by molar-refractivity contribution is -0.136. The Labute approximate surface area is 160 Å². The quantitative estimate of drug-likeness (QED) is 0.883. The molecule has 4 rings (SSSR count). The maximum Gasteiger partial charge on any atom is 0.249 e. The molecule has 5 nitrogen and oxygen atoms in total. The first-order valence-corrected chi connectivity index (χ1v) is 9.84. The molecule has 1 atom stereocenters. The van der Waals surface area contributed by atoms with Gasteiger partial charge in [-0.25, -0.2) is 0 Å². The molecule has 142 valence electrons. The van der Waals surface area contributed by atoms with E-state index in [9.17, 15) is 4.79 Å². The summed E-state index contributed by atoms with van der Waals surface area (Å²) in [4.78, 5) is 17.5. The van der Waals surface area contributed by atoms with E-state index >= 15 is 0 Å². The Morgan fingerprint density at radius 1 is 0.889 bits per heavy atom. The van der Waals surface area contributed by atoms with Gasteiger partial charge in [0.15, 0.2) is 0 Å². The molecule has 2 aliphatic heterocycles. The molecule has 0 spiro atoms. The molecule has 2 fully saturated rings. The molecule has 2 saturated heterocycles. The molecule has 2 heterocycles. The minimum Gasteiger partial charge on any atom is -0.378 e. The van der Waals surface area contributed by atoms with Gasteiger partial charge in [0, 0.05) is 37.6 Å². The minimum atomic E-state index is -0.387. The predicted octanol–water partition coefficient (Wildman–Crippen LogP) is 3.30. The fraction of sp³-hybridized carbons (Fsp3) is 0.409. The van der Waals surface area contributed by atoms with Crippen molar-refractivity contribution < 1.29 is 9.53 Å². The molecular weight excluding hydrogens is 338 g/mol. The first-order chi connectivity index (χ1) is 13.3. The van der Waals surface area contributed by atoms with Gasteiger partial charge in [0.1, 0.15) is 6.04 Å². The normalized spacial score (nSPS) is 18.4. The van der Waals surface area contributed by atoms with Crippen molar-refractivity contribution in [2.24, 2.45) is 0 Å². The largest absolute Gasteiger partial charge is 0.378 e. The Bertz CT molecular complexity index is 736. The van der Waals surface area contributed by atoms with Crippen LogP contribution in [-0.2, 0) is 9.53 Å². The van der Waals surface area contributed by atoms with E-state index < -0.39 is 0 Å². The fourth-order valence-corrected chi connectivity index (χ4v) is 3.81. The number of carbonyl (C=O) groups excluding carboxylic acids is 1. The first kappa shape index (κ1) is 17.9. The number of rotatable bonds is 5. The second kappa shape index (κ2) is 8.44. The monoisotopic (exact) mass is 365 g/mol. The van der Waals surface area contributed by atoms with Crippen LogP contribution in [0.4, 0.5) is 11.4 Å². The maximum absolute atomic E-state index is 13.2. The Hall–Kier alpha value is -2.53. The number of hydrogen-bond donors (Lipinski definition) is 1. The molecule has 27 heavy (non-hydrogen) atoms. The molecule has 0 aliphatic carbocycles. The summed E-state index contributed by atoms with van der Waals surface area (Å²) in [5.41, 5.74) is 3.21. The van der Waals surface area contributed by atoms with Crippen molar-refractivity contribution in [3.05, 3.63) is 60.2 Å². The predicted molar refractivity (Wildman–Crippen MR) is 108 cm³/mol. The Morgan fingerprint density at radius 3 is 2.22 bits per heavy atom. The van der Waals surface area contributed by atoms with Crippen LogP contribution in [0.2, 0.25) is 0 Å². The molecular formula is C22H27N3O2. The second-order valence-electron chi connectivity index (χ2n) is 7.17. The highest BCUT2D eigenvalue weighted by Crippen LogP contribution is 2.26. The second-order valence-corrected chi connectivity index (χ2v) is 7.17. The van der Waals surface area contributed by atoms with Gasteiger partial charge in [-0.05, 0) is 42.7 Å². The van der Waals surface area contributed by atoms with Crippen molar-refractivity contribution in [2.75, 3.05) is 49.6 Å². The maximum atomic E-state index is 13.2. The standard InChI is InChI=1S/C22H27N3O2/c26-22(25-14-16-27-17-15-25)21(18-6-2-1-3-7-18)23-19-8-10-20(11-9-19)24-12-4-5-13-24/h1-3,6-11,21,23H,4-5,12-17H2/t21-/m0/s1. The van der Waals surface area contributed by atoms with E-state index in [-0.39, 0.29) is 11.9 Å². The van der Waals surface area contributed by atoms with Crippen LogP contribution in [0.25, 0.3) is 0 Å². The van der Waals surface area contributed by atoms with Gasteiger partial charge in [-0.1, -0.05) is 30.3 Å². The van der Waals surface area contributed by atoms with Crippen LogP contribution in [0.1, 0.15) is 24.4 Å². The van der Waals surface area contributed by atoms with Crippen molar-refractivity contribution >= 4 is 17.3 Å². The number of ether oxygens (including phenoxy) is 1. The van der Waals surface area contributed by atoms with E-state index in [1.54, 1.807) is 0 Å². The first-order valence-electron chi connectivity index (χ1n) is 9.84. The molecule has 1 N–H and O–H groups in total. The van der Waals surface area contributed by atoms with Crippen LogP contribution in [0.5, 0.6) is 0 Å². The molecule has 5 heteroatoms. The van der Waals surface area contributed by atoms with Gasteiger partial charge in [-0.3, -0.25) is 4.79 Å². The summed E-state index contributed by atoms with van der Waals surface area (Å²) >= 11 is 0. The van der Waals surface area contributed by atoms with Gasteiger partial charge in [0.05, 0.1) is 13.2 Å². The van der Waals surface area contributed by atoms with Crippen molar-refractivity contribution in [2.45, 2.75) is 18.9 Å². The van der Waals surface area contributed by atoms with E-state index in [2.05, 4.69) is 34.5 Å². The van der Waals surface area contributed by atoms with E-state index in [0.29, 0.717) is 26.3 Å². The number of nitrogens with one attached hydrogen (secondary N) is 1. The van der Waals surface area contributed by atoms with E-state index in [1.807, 2.05) is 35.2 Å². The van der Waals surface area contributed by atoms with Crippen molar-refractivity contribution in [1.29, 1.82) is 0 Å². The lowest BCUT2D eigenvalue weighted by atomic mass is 10.0. The van der Waals surface area contributed by atoms with E-state index in [1.165, 1.54) is 18.5 Å². The molecule has 2 aromatic carbocycles. The zero-order chi connectivity index (χ0) is 18.5. The van der Waals surface area contributed by atoms with Gasteiger partial charge in [0.25, 0.3) is 0 Å². The summed E-state index contributed by atoms with van der Waals surface area (Å²) in [6, 6.07) is 18.0. The highest BCUT2D eigenvalue weighted by Gasteiger charge is 2.27. The fourth-order valence-electron chi connectivity index (χ4n) is 3.81. The third-order valence-corrected chi connectivity index (χ3v) is 5.35. The summed E-state index contributed by atoms with van der Waals surface area (Å²) in [6.45, 7) is 4.79. The molecule has 0 unspecified atom stereocenters. The van der Waals surface area contributed by atoms with Gasteiger partial charge >= 0.3 is 0 Å². The molecule has 2 aliphatic rings. The summed E-state index contributed by atoms with van der Waals surface area (Å²) in [5.74, 6) is 0.105. The summed E-state index contributed by atoms with van der Waals surface area (Å²) < 4.78 is 5.40. The Balaban J connectivity index is 1.52. The van der Waals surface area contributed by atoms with Crippen LogP contribution in [0.15, 0.2) is 54.6 Å². The number of nitrogens with zero attached hydrogens (tertiary/aromatic N) is 2. The van der Waals surface area contributed by atoms with Crippen LogP contribution in [-0.4, -0.2) is 50.2 Å². The van der Waals surface area contributed by atoms with E-state index in [0.717, 1.165) is 24.3 Å². The molecule has 0 aromatic heterocycles. The topological polar surface area (TPSA) is 44.8 Å². The average Bonchev–Trinajstić information content (AvgIpc) is 3.28. The molecule has 0 saturated carbocycles. The number of hydrogen-bond acceptors (Lipinski definition) is 4. The smallest absolute Gasteiger partial charge is 0.249 e. The molecule has 0 bridgehead atoms. The van der Waals surface area contributed by atoms with Gasteiger partial charge < -0.3 is 19.9 Å². The number of carbonyl (C=O) groups is 1. The van der Waals surface area contributed by atoms with Gasteiger partial charge in [-0.2, -0.15) is 0 Å². The Morgan fingerprint density at radius 2 is 1.56 bits per heavy atom. The van der Waals surface area contributed by atoms with Crippen molar-refractivity contribution in [3.8, 4) is 0 Å². The Kier molecular flexibility index (Phi) is 5.58. The summed E-state index contributed by atoms with van der Waals surface area (Å²) in [6.07, 6.45) is 2.54. The molecule has 0 radical (unpaired) electrons. The third-order valence-electron chi connectivity index (χ3n) is 5.35. The van der Waals surface area contributed by atoms with Crippen LogP contribution in [0, 0.1) is 0 Å². The van der Waals surface area contributed by atoms with Crippen molar-refractivity contribution in [3.63, 3.8) is 0 Å². The highest BCUT2D eigenvalue weighted by atomic mass is 16.5. The lowest BCUT2D eigenvalue weighted by Crippen LogP contribution is -2.44. The number of amides is 1. The number of benzene rings is 2. The SMILES string of the molecule is O=C([C@@H](Nc1ccc(N2CCCC2)cc1)c1ccccc1)N1CCOCC1. The molecule has 2 aromatic rings. The van der Waals surface area contributed by atoms with E-state index in [4.69, 9.17) is 4.74 Å². The number of anilines is 2.